The average molecular weight is 457 g/mol. The van der Waals surface area contributed by atoms with Gasteiger partial charge < -0.3 is 15.0 Å². The van der Waals surface area contributed by atoms with Crippen LogP contribution in [-0.2, 0) is 0 Å². The number of ether oxygens (including phenoxy) is 1. The minimum absolute atomic E-state index is 0.0181. The van der Waals surface area contributed by atoms with Crippen molar-refractivity contribution in [2.45, 2.75) is 20.8 Å². The number of carbonyl (C=O) groups is 2. The van der Waals surface area contributed by atoms with E-state index >= 15 is 0 Å². The lowest BCUT2D eigenvalue weighted by Gasteiger charge is -2.18. The molecule has 0 aliphatic carbocycles. The highest BCUT2D eigenvalue weighted by Crippen LogP contribution is 2.24. The van der Waals surface area contributed by atoms with Crippen LogP contribution >= 0.6 is 0 Å². The first-order chi connectivity index (χ1) is 16.4. The maximum Gasteiger partial charge on any atom is 0.255 e. The van der Waals surface area contributed by atoms with E-state index in [2.05, 4.69) is 10.3 Å². The quantitative estimate of drug-likeness (QED) is 0.421. The van der Waals surface area contributed by atoms with Gasteiger partial charge in [-0.1, -0.05) is 0 Å². The number of nitrogens with one attached hydrogen (secondary N) is 1. The average Bonchev–Trinajstić information content (AvgIpc) is 3.20. The van der Waals surface area contributed by atoms with Gasteiger partial charge in [-0.15, -0.1) is 0 Å². The zero-order valence-electron chi connectivity index (χ0n) is 19.8. The molecule has 7 heteroatoms. The van der Waals surface area contributed by atoms with Crippen molar-refractivity contribution in [3.05, 3.63) is 83.7 Å². The topological polar surface area (TPSA) is 76.5 Å². The molecule has 0 atom stereocenters. The van der Waals surface area contributed by atoms with Gasteiger partial charge in [-0.05, 0) is 87.5 Å². The van der Waals surface area contributed by atoms with Gasteiger partial charge in [-0.2, -0.15) is 0 Å². The molecule has 1 heterocycles. The van der Waals surface area contributed by atoms with Crippen molar-refractivity contribution in [2.75, 3.05) is 25.5 Å². The highest BCUT2D eigenvalue weighted by atomic mass is 16.5. The van der Waals surface area contributed by atoms with E-state index in [1.54, 1.807) is 42.3 Å². The Morgan fingerprint density at radius 1 is 0.941 bits per heavy atom. The summed E-state index contributed by atoms with van der Waals surface area (Å²) in [6.45, 7) is 7.15. The minimum atomic E-state index is -0.232. The highest BCUT2D eigenvalue weighted by molar-refractivity contribution is 6.06. The molecule has 7 nitrogen and oxygen atoms in total. The van der Waals surface area contributed by atoms with Crippen LogP contribution in [0.5, 0.6) is 5.75 Å². The number of hydrogen-bond acceptors (Lipinski definition) is 4. The SMILES string of the molecule is CCN(CC)C(=O)c1ccc(NC(=O)c2ccc3nc(C)n(-c4ccc(OC)cc4)c3c2)cc1. The molecular formula is C27H28N4O3. The minimum Gasteiger partial charge on any atom is -0.497 e. The Balaban J connectivity index is 1.58. The number of anilines is 1. The molecule has 174 valence electrons. The van der Waals surface area contributed by atoms with Gasteiger partial charge in [0.25, 0.3) is 11.8 Å². The van der Waals surface area contributed by atoms with E-state index in [9.17, 15) is 9.59 Å². The monoisotopic (exact) mass is 456 g/mol. The largest absolute Gasteiger partial charge is 0.497 e. The lowest BCUT2D eigenvalue weighted by Crippen LogP contribution is -2.30. The molecular weight excluding hydrogens is 428 g/mol. The molecule has 2 amide bonds. The lowest BCUT2D eigenvalue weighted by molar-refractivity contribution is 0.0773. The molecule has 3 aromatic carbocycles. The van der Waals surface area contributed by atoms with Crippen LogP contribution in [0.1, 0.15) is 40.4 Å². The third kappa shape index (κ3) is 4.50. The Kier molecular flexibility index (Phi) is 6.63. The fourth-order valence-electron chi connectivity index (χ4n) is 3.99. The van der Waals surface area contributed by atoms with Gasteiger partial charge in [0.1, 0.15) is 11.6 Å². The third-order valence-electron chi connectivity index (χ3n) is 5.86. The van der Waals surface area contributed by atoms with Gasteiger partial charge in [0, 0.05) is 35.6 Å². The van der Waals surface area contributed by atoms with Crippen LogP contribution in [-0.4, -0.2) is 46.5 Å². The molecule has 0 saturated carbocycles. The fourth-order valence-corrected chi connectivity index (χ4v) is 3.99. The van der Waals surface area contributed by atoms with Gasteiger partial charge in [-0.25, -0.2) is 4.98 Å². The van der Waals surface area contributed by atoms with Crippen LogP contribution in [0.15, 0.2) is 66.7 Å². The van der Waals surface area contributed by atoms with E-state index in [0.29, 0.717) is 29.9 Å². The number of imidazole rings is 1. The summed E-state index contributed by atoms with van der Waals surface area (Å²) in [7, 11) is 1.63. The predicted octanol–water partition coefficient (Wildman–Crippen LogP) is 5.08. The van der Waals surface area contributed by atoms with E-state index in [-0.39, 0.29) is 11.8 Å². The van der Waals surface area contributed by atoms with Gasteiger partial charge >= 0.3 is 0 Å². The van der Waals surface area contributed by atoms with Crippen molar-refractivity contribution < 1.29 is 14.3 Å². The molecule has 0 radical (unpaired) electrons. The van der Waals surface area contributed by atoms with Crippen molar-refractivity contribution in [1.29, 1.82) is 0 Å². The van der Waals surface area contributed by atoms with Crippen LogP contribution in [0.4, 0.5) is 5.69 Å². The molecule has 0 unspecified atom stereocenters. The van der Waals surface area contributed by atoms with E-state index in [4.69, 9.17) is 4.74 Å². The maximum atomic E-state index is 13.0. The number of carbonyl (C=O) groups excluding carboxylic acids is 2. The lowest BCUT2D eigenvalue weighted by atomic mass is 10.1. The first-order valence-electron chi connectivity index (χ1n) is 11.3. The van der Waals surface area contributed by atoms with E-state index in [0.717, 1.165) is 28.3 Å². The number of aryl methyl sites for hydroxylation is 1. The highest BCUT2D eigenvalue weighted by Gasteiger charge is 2.15. The zero-order chi connectivity index (χ0) is 24.2. The summed E-state index contributed by atoms with van der Waals surface area (Å²) < 4.78 is 7.27. The number of amides is 2. The second-order valence-electron chi connectivity index (χ2n) is 7.90. The summed E-state index contributed by atoms with van der Waals surface area (Å²) in [5.41, 5.74) is 4.33. The summed E-state index contributed by atoms with van der Waals surface area (Å²) in [5, 5.41) is 2.92. The number of fused-ring (bicyclic) bond motifs is 1. The van der Waals surface area contributed by atoms with Crippen molar-refractivity contribution in [3.8, 4) is 11.4 Å². The zero-order valence-corrected chi connectivity index (χ0v) is 19.8. The van der Waals surface area contributed by atoms with Gasteiger partial charge in [0.2, 0.25) is 0 Å². The molecule has 34 heavy (non-hydrogen) atoms. The Morgan fingerprint density at radius 3 is 2.21 bits per heavy atom. The summed E-state index contributed by atoms with van der Waals surface area (Å²) in [5.74, 6) is 1.35. The molecule has 0 fully saturated rings. The van der Waals surface area contributed by atoms with Crippen molar-refractivity contribution in [1.82, 2.24) is 14.5 Å². The molecule has 0 aliphatic heterocycles. The third-order valence-corrected chi connectivity index (χ3v) is 5.86. The van der Waals surface area contributed by atoms with Gasteiger partial charge in [0.05, 0.1) is 18.1 Å². The number of nitrogens with zero attached hydrogens (tertiary/aromatic N) is 3. The number of benzene rings is 3. The van der Waals surface area contributed by atoms with E-state index in [1.807, 2.05) is 61.7 Å². The molecule has 1 aromatic heterocycles. The first kappa shape index (κ1) is 23.0. The molecule has 0 saturated heterocycles. The fraction of sp³-hybridized carbons (Fsp3) is 0.222. The molecule has 4 rings (SSSR count). The summed E-state index contributed by atoms with van der Waals surface area (Å²) >= 11 is 0. The Morgan fingerprint density at radius 2 is 1.59 bits per heavy atom. The molecule has 1 N–H and O–H groups in total. The standard InChI is InChI=1S/C27H28N4O3/c1-5-30(6-2)27(33)19-7-10-21(11-8-19)29-26(32)20-9-16-24-25(17-20)31(18(3)28-24)22-12-14-23(34-4)15-13-22/h7-17H,5-6H2,1-4H3,(H,29,32). The summed E-state index contributed by atoms with van der Waals surface area (Å²) in [6.07, 6.45) is 0. The van der Waals surface area contributed by atoms with Crippen LogP contribution in [0.3, 0.4) is 0 Å². The van der Waals surface area contributed by atoms with E-state index in [1.165, 1.54) is 0 Å². The normalized spacial score (nSPS) is 10.8. The second-order valence-corrected chi connectivity index (χ2v) is 7.90. The number of methoxy groups -OCH3 is 1. The van der Waals surface area contributed by atoms with Crippen LogP contribution < -0.4 is 10.1 Å². The first-order valence-corrected chi connectivity index (χ1v) is 11.3. The van der Waals surface area contributed by atoms with Crippen LogP contribution in [0.25, 0.3) is 16.7 Å². The van der Waals surface area contributed by atoms with Crippen LogP contribution in [0, 0.1) is 6.92 Å². The Bertz CT molecular complexity index is 1320. The maximum absolute atomic E-state index is 13.0. The van der Waals surface area contributed by atoms with Crippen molar-refractivity contribution >= 4 is 28.5 Å². The number of rotatable bonds is 7. The van der Waals surface area contributed by atoms with Crippen molar-refractivity contribution in [3.63, 3.8) is 0 Å². The number of hydrogen-bond donors (Lipinski definition) is 1. The van der Waals surface area contributed by atoms with E-state index < -0.39 is 0 Å². The smallest absolute Gasteiger partial charge is 0.255 e. The molecule has 4 aromatic rings. The Hall–Kier alpha value is -4.13. The van der Waals surface area contributed by atoms with Gasteiger partial charge in [0.15, 0.2) is 0 Å². The van der Waals surface area contributed by atoms with Crippen molar-refractivity contribution in [2.24, 2.45) is 0 Å². The molecule has 0 spiro atoms. The summed E-state index contributed by atoms with van der Waals surface area (Å²) in [6, 6.07) is 20.1. The second kappa shape index (κ2) is 9.79. The molecule has 0 bridgehead atoms. The predicted molar refractivity (Wildman–Crippen MR) is 134 cm³/mol. The summed E-state index contributed by atoms with van der Waals surface area (Å²) in [4.78, 5) is 31.9. The number of aromatic nitrogens is 2. The van der Waals surface area contributed by atoms with Crippen LogP contribution in [0.2, 0.25) is 0 Å². The Labute approximate surface area is 199 Å². The van der Waals surface area contributed by atoms with Gasteiger partial charge in [-0.3, -0.25) is 14.2 Å². The molecule has 0 aliphatic rings.